The highest BCUT2D eigenvalue weighted by Gasteiger charge is 2.32. The molecule has 1 aliphatic rings. The molecule has 0 amide bonds. The molecule has 0 saturated carbocycles. The van der Waals surface area contributed by atoms with E-state index in [1.54, 1.807) is 0 Å². The van der Waals surface area contributed by atoms with Gasteiger partial charge in [0.1, 0.15) is 17.9 Å². The summed E-state index contributed by atoms with van der Waals surface area (Å²) in [4.78, 5) is 12.4. The molecular formula is C21H31BrO3Si. The number of ether oxygens (including phenoxy) is 2. The maximum absolute atomic E-state index is 12.4. The van der Waals surface area contributed by atoms with Gasteiger partial charge >= 0.3 is 5.97 Å². The lowest BCUT2D eigenvalue weighted by molar-refractivity contribution is 0.0532. The molecule has 0 fully saturated rings. The molecule has 0 unspecified atom stereocenters. The standard InChI is InChI=1S/C21H31BrO3Si/c1-7-16-15(3)18-13-25-21(23)19(18)20(24-10-11-26(4,5)6)17(16)9-8-14(2)12-22/h8H,7,9-13H2,1-6H3/b14-8+. The molecule has 1 aromatic carbocycles. The lowest BCUT2D eigenvalue weighted by atomic mass is 9.89. The third kappa shape index (κ3) is 4.80. The van der Waals surface area contributed by atoms with Crippen molar-refractivity contribution in [1.82, 2.24) is 0 Å². The highest BCUT2D eigenvalue weighted by atomic mass is 79.9. The van der Waals surface area contributed by atoms with Crippen molar-refractivity contribution in [3.05, 3.63) is 39.5 Å². The fourth-order valence-electron chi connectivity index (χ4n) is 3.27. The van der Waals surface area contributed by atoms with Crippen LogP contribution in [0.4, 0.5) is 0 Å². The van der Waals surface area contributed by atoms with E-state index in [0.717, 1.165) is 41.1 Å². The number of rotatable bonds is 8. The van der Waals surface area contributed by atoms with Crippen LogP contribution in [0.25, 0.3) is 0 Å². The lowest BCUT2D eigenvalue weighted by Crippen LogP contribution is -2.23. The molecule has 0 aliphatic carbocycles. The van der Waals surface area contributed by atoms with Crippen molar-refractivity contribution >= 4 is 30.0 Å². The number of halogens is 1. The van der Waals surface area contributed by atoms with Crippen molar-refractivity contribution < 1.29 is 14.3 Å². The predicted molar refractivity (Wildman–Crippen MR) is 115 cm³/mol. The van der Waals surface area contributed by atoms with E-state index in [4.69, 9.17) is 9.47 Å². The third-order valence-electron chi connectivity index (χ3n) is 4.94. The number of hydrogen-bond donors (Lipinski definition) is 0. The highest BCUT2D eigenvalue weighted by Crippen LogP contribution is 2.39. The number of cyclic esters (lactones) is 1. The fraction of sp³-hybridized carbons (Fsp3) is 0.571. The molecule has 2 rings (SSSR count). The number of carbonyl (C=O) groups excluding carboxylic acids is 1. The Kier molecular flexibility index (Phi) is 7.14. The van der Waals surface area contributed by atoms with Gasteiger partial charge in [0.05, 0.1) is 6.61 Å². The highest BCUT2D eigenvalue weighted by molar-refractivity contribution is 9.09. The van der Waals surface area contributed by atoms with Crippen LogP contribution in [0, 0.1) is 6.92 Å². The number of hydrogen-bond acceptors (Lipinski definition) is 3. The van der Waals surface area contributed by atoms with Crippen LogP contribution >= 0.6 is 15.9 Å². The molecule has 0 spiro atoms. The van der Waals surface area contributed by atoms with Crippen molar-refractivity contribution in [2.45, 2.75) is 65.9 Å². The molecule has 0 atom stereocenters. The van der Waals surface area contributed by atoms with Gasteiger partial charge in [-0.25, -0.2) is 4.79 Å². The summed E-state index contributed by atoms with van der Waals surface area (Å²) in [5.74, 6) is 0.526. The zero-order valence-electron chi connectivity index (χ0n) is 16.9. The van der Waals surface area contributed by atoms with Gasteiger partial charge in [0.2, 0.25) is 0 Å². The Morgan fingerprint density at radius 2 is 2.00 bits per heavy atom. The van der Waals surface area contributed by atoms with Crippen LogP contribution in [0.5, 0.6) is 5.75 Å². The predicted octanol–water partition coefficient (Wildman–Crippen LogP) is 5.83. The van der Waals surface area contributed by atoms with Crippen molar-refractivity contribution in [3.8, 4) is 5.75 Å². The molecule has 0 radical (unpaired) electrons. The molecule has 0 aromatic heterocycles. The first kappa shape index (κ1) is 21.2. The second kappa shape index (κ2) is 8.74. The van der Waals surface area contributed by atoms with E-state index in [-0.39, 0.29) is 5.97 Å². The molecule has 26 heavy (non-hydrogen) atoms. The van der Waals surface area contributed by atoms with Crippen LogP contribution in [0.3, 0.4) is 0 Å². The van der Waals surface area contributed by atoms with Crippen LogP contribution in [0.1, 0.15) is 46.5 Å². The van der Waals surface area contributed by atoms with Gasteiger partial charge in [0.15, 0.2) is 0 Å². The van der Waals surface area contributed by atoms with E-state index in [1.165, 1.54) is 16.7 Å². The summed E-state index contributed by atoms with van der Waals surface area (Å²) in [5, 5.41) is 0.853. The van der Waals surface area contributed by atoms with Gasteiger partial charge in [0.25, 0.3) is 0 Å². The minimum Gasteiger partial charge on any atom is -0.493 e. The van der Waals surface area contributed by atoms with Gasteiger partial charge in [-0.1, -0.05) is 54.1 Å². The van der Waals surface area contributed by atoms with Gasteiger partial charge in [-0.2, -0.15) is 0 Å². The maximum Gasteiger partial charge on any atom is 0.342 e. The Hall–Kier alpha value is -1.07. The molecule has 0 saturated heterocycles. The molecule has 144 valence electrons. The van der Waals surface area contributed by atoms with Crippen LogP contribution in [-0.2, 0) is 24.2 Å². The topological polar surface area (TPSA) is 35.5 Å². The quantitative estimate of drug-likeness (QED) is 0.221. The first-order valence-electron chi connectivity index (χ1n) is 9.38. The number of benzene rings is 1. The fourth-order valence-corrected chi connectivity index (χ4v) is 4.21. The second-order valence-corrected chi connectivity index (χ2v) is 14.4. The van der Waals surface area contributed by atoms with E-state index in [1.807, 2.05) is 0 Å². The largest absolute Gasteiger partial charge is 0.493 e. The molecule has 0 N–H and O–H groups in total. The monoisotopic (exact) mass is 438 g/mol. The van der Waals surface area contributed by atoms with Crippen LogP contribution in [0.2, 0.25) is 25.7 Å². The maximum atomic E-state index is 12.4. The van der Waals surface area contributed by atoms with E-state index in [2.05, 4.69) is 62.4 Å². The van der Waals surface area contributed by atoms with Gasteiger partial charge in [0, 0.05) is 24.5 Å². The summed E-state index contributed by atoms with van der Waals surface area (Å²) in [6, 6.07) is 1.07. The molecule has 0 bridgehead atoms. The van der Waals surface area contributed by atoms with Crippen molar-refractivity contribution in [2.24, 2.45) is 0 Å². The summed E-state index contributed by atoms with van der Waals surface area (Å²) in [6.07, 6.45) is 3.93. The van der Waals surface area contributed by atoms with Crippen molar-refractivity contribution in [1.29, 1.82) is 0 Å². The number of esters is 1. The Balaban J connectivity index is 2.53. The number of carbonyl (C=O) groups is 1. The molecular weight excluding hydrogens is 408 g/mol. The average molecular weight is 439 g/mol. The van der Waals surface area contributed by atoms with E-state index in [0.29, 0.717) is 18.8 Å². The van der Waals surface area contributed by atoms with Crippen LogP contribution < -0.4 is 4.74 Å². The summed E-state index contributed by atoms with van der Waals surface area (Å²) in [6.45, 7) is 14.4. The number of allylic oxidation sites excluding steroid dienone is 2. The Morgan fingerprint density at radius 3 is 2.58 bits per heavy atom. The minimum atomic E-state index is -1.21. The van der Waals surface area contributed by atoms with Gasteiger partial charge in [-0.15, -0.1) is 0 Å². The van der Waals surface area contributed by atoms with E-state index >= 15 is 0 Å². The van der Waals surface area contributed by atoms with Gasteiger partial charge in [-0.05, 0) is 43.9 Å². The molecule has 3 nitrogen and oxygen atoms in total. The summed E-state index contributed by atoms with van der Waals surface area (Å²) in [5.41, 5.74) is 6.59. The molecule has 5 heteroatoms. The summed E-state index contributed by atoms with van der Waals surface area (Å²) >= 11 is 3.51. The second-order valence-electron chi connectivity index (χ2n) is 8.24. The number of alkyl halides is 1. The zero-order valence-corrected chi connectivity index (χ0v) is 19.5. The van der Waals surface area contributed by atoms with E-state index < -0.39 is 8.07 Å². The zero-order chi connectivity index (χ0) is 19.5. The smallest absolute Gasteiger partial charge is 0.342 e. The molecule has 1 aromatic rings. The average Bonchev–Trinajstić information content (AvgIpc) is 2.96. The normalized spacial score (nSPS) is 14.4. The Bertz CT molecular complexity index is 717. The minimum absolute atomic E-state index is 0.240. The Morgan fingerprint density at radius 1 is 1.31 bits per heavy atom. The first-order chi connectivity index (χ1) is 12.2. The third-order valence-corrected chi connectivity index (χ3v) is 7.53. The summed E-state index contributed by atoms with van der Waals surface area (Å²) < 4.78 is 11.6. The number of fused-ring (bicyclic) bond motifs is 1. The molecule has 1 aliphatic heterocycles. The van der Waals surface area contributed by atoms with Crippen LogP contribution in [0.15, 0.2) is 11.6 Å². The van der Waals surface area contributed by atoms with Crippen LogP contribution in [-0.4, -0.2) is 26.0 Å². The first-order valence-corrected chi connectivity index (χ1v) is 14.2. The van der Waals surface area contributed by atoms with E-state index in [9.17, 15) is 4.79 Å². The summed E-state index contributed by atoms with van der Waals surface area (Å²) in [7, 11) is -1.21. The van der Waals surface area contributed by atoms with Crippen molar-refractivity contribution in [3.63, 3.8) is 0 Å². The lowest BCUT2D eigenvalue weighted by Gasteiger charge is -2.22. The van der Waals surface area contributed by atoms with Gasteiger partial charge < -0.3 is 9.47 Å². The molecule has 1 heterocycles. The SMILES string of the molecule is CCc1c(C)c2c(c(OCC[Si](C)(C)C)c1C/C=C(\C)CBr)C(=O)OC2. The van der Waals surface area contributed by atoms with Crippen molar-refractivity contribution in [2.75, 3.05) is 11.9 Å². The Labute approximate surface area is 167 Å². The van der Waals surface area contributed by atoms with Gasteiger partial charge in [-0.3, -0.25) is 0 Å².